The first-order valence-corrected chi connectivity index (χ1v) is 10.9. The second-order valence-electron chi connectivity index (χ2n) is 7.04. The molecule has 0 aromatic heterocycles. The first-order chi connectivity index (χ1) is 14.0. The number of hydrogen-bond donors (Lipinski definition) is 0. The molecule has 1 aliphatic rings. The zero-order valence-electron chi connectivity index (χ0n) is 16.2. The van der Waals surface area contributed by atoms with Gasteiger partial charge in [-0.1, -0.05) is 54.6 Å². The summed E-state index contributed by atoms with van der Waals surface area (Å²) in [6.45, 7) is 2.15. The Kier molecular flexibility index (Phi) is 5.11. The number of para-hydroxylation sites is 2. The number of rotatable bonds is 5. The van der Waals surface area contributed by atoms with E-state index in [0.29, 0.717) is 12.2 Å². The lowest BCUT2D eigenvalue weighted by Crippen LogP contribution is -2.43. The van der Waals surface area contributed by atoms with Crippen LogP contribution in [0.5, 0.6) is 0 Å². The van der Waals surface area contributed by atoms with Crippen LogP contribution in [0, 0.1) is 6.92 Å². The molecule has 3 aromatic carbocycles. The second-order valence-corrected chi connectivity index (χ2v) is 8.90. The van der Waals surface area contributed by atoms with Crippen molar-refractivity contribution >= 4 is 27.3 Å². The Hall–Kier alpha value is -3.12. The molecule has 3 aromatic rings. The fourth-order valence-corrected chi connectivity index (χ4v) is 5.17. The van der Waals surface area contributed by atoms with E-state index in [1.165, 1.54) is 4.31 Å². The summed E-state index contributed by atoms with van der Waals surface area (Å²) in [7, 11) is -3.89. The number of aryl methyl sites for hydroxylation is 1. The molecule has 0 fully saturated rings. The van der Waals surface area contributed by atoms with Gasteiger partial charge in [0, 0.05) is 12.2 Å². The molecule has 0 saturated carbocycles. The molecular formula is C23H22N2O3S. The number of hydrogen-bond acceptors (Lipinski definition) is 3. The number of fused-ring (bicyclic) bond motifs is 1. The van der Waals surface area contributed by atoms with Crippen LogP contribution in [0.15, 0.2) is 83.8 Å². The van der Waals surface area contributed by atoms with Crippen LogP contribution in [0.2, 0.25) is 0 Å². The zero-order valence-corrected chi connectivity index (χ0v) is 17.0. The Morgan fingerprint density at radius 1 is 0.931 bits per heavy atom. The molecule has 0 spiro atoms. The van der Waals surface area contributed by atoms with Gasteiger partial charge >= 0.3 is 0 Å². The topological polar surface area (TPSA) is 57.7 Å². The first-order valence-electron chi connectivity index (χ1n) is 9.50. The minimum Gasteiger partial charge on any atom is -0.310 e. The largest absolute Gasteiger partial charge is 0.310 e. The molecule has 29 heavy (non-hydrogen) atoms. The van der Waals surface area contributed by atoms with Gasteiger partial charge in [-0.15, -0.1) is 0 Å². The van der Waals surface area contributed by atoms with E-state index >= 15 is 0 Å². The van der Waals surface area contributed by atoms with Gasteiger partial charge in [-0.25, -0.2) is 8.42 Å². The van der Waals surface area contributed by atoms with Crippen LogP contribution in [0.25, 0.3) is 0 Å². The molecule has 1 aliphatic heterocycles. The maximum atomic E-state index is 13.4. The minimum atomic E-state index is -3.89. The number of carbonyl (C=O) groups excluding carboxylic acids is 1. The molecule has 0 atom stereocenters. The van der Waals surface area contributed by atoms with Gasteiger partial charge in [0.25, 0.3) is 10.0 Å². The third kappa shape index (κ3) is 3.63. The highest BCUT2D eigenvalue weighted by atomic mass is 32.2. The van der Waals surface area contributed by atoms with E-state index in [2.05, 4.69) is 0 Å². The first kappa shape index (κ1) is 19.2. The highest BCUT2D eigenvalue weighted by molar-refractivity contribution is 7.92. The number of anilines is 2. The fourth-order valence-electron chi connectivity index (χ4n) is 3.67. The van der Waals surface area contributed by atoms with Crippen molar-refractivity contribution in [2.24, 2.45) is 0 Å². The Morgan fingerprint density at radius 3 is 2.34 bits per heavy atom. The van der Waals surface area contributed by atoms with Crippen molar-refractivity contribution in [2.45, 2.75) is 18.2 Å². The number of amides is 1. The summed E-state index contributed by atoms with van der Waals surface area (Å²) in [5.41, 5.74) is 3.27. The maximum Gasteiger partial charge on any atom is 0.264 e. The quantitative estimate of drug-likeness (QED) is 0.648. The predicted molar refractivity (Wildman–Crippen MR) is 115 cm³/mol. The van der Waals surface area contributed by atoms with Crippen molar-refractivity contribution < 1.29 is 13.2 Å². The van der Waals surface area contributed by atoms with E-state index in [-0.39, 0.29) is 17.3 Å². The maximum absolute atomic E-state index is 13.4. The third-order valence-electron chi connectivity index (χ3n) is 5.18. The van der Waals surface area contributed by atoms with Gasteiger partial charge in [0.1, 0.15) is 6.54 Å². The summed E-state index contributed by atoms with van der Waals surface area (Å²) >= 11 is 0. The van der Waals surface area contributed by atoms with Gasteiger partial charge in [0.15, 0.2) is 0 Å². The van der Waals surface area contributed by atoms with E-state index < -0.39 is 10.0 Å². The van der Waals surface area contributed by atoms with Gasteiger partial charge in [0.2, 0.25) is 5.91 Å². The number of nitrogens with zero attached hydrogens (tertiary/aromatic N) is 2. The van der Waals surface area contributed by atoms with E-state index in [0.717, 1.165) is 23.2 Å². The van der Waals surface area contributed by atoms with E-state index in [1.807, 2.05) is 43.3 Å². The lowest BCUT2D eigenvalue weighted by molar-refractivity contribution is -0.117. The van der Waals surface area contributed by atoms with Crippen LogP contribution in [0.4, 0.5) is 11.4 Å². The van der Waals surface area contributed by atoms with Crippen molar-refractivity contribution in [3.8, 4) is 0 Å². The minimum absolute atomic E-state index is 0.165. The van der Waals surface area contributed by atoms with Crippen molar-refractivity contribution in [1.29, 1.82) is 0 Å². The predicted octanol–water partition coefficient (Wildman–Crippen LogP) is 3.78. The molecule has 4 rings (SSSR count). The molecule has 0 radical (unpaired) electrons. The van der Waals surface area contributed by atoms with Gasteiger partial charge in [-0.2, -0.15) is 0 Å². The third-order valence-corrected chi connectivity index (χ3v) is 6.96. The van der Waals surface area contributed by atoms with Crippen LogP contribution in [0.1, 0.15) is 11.1 Å². The van der Waals surface area contributed by atoms with Crippen molar-refractivity contribution in [3.05, 3.63) is 90.0 Å². The highest BCUT2D eigenvalue weighted by Gasteiger charge is 2.32. The van der Waals surface area contributed by atoms with Crippen LogP contribution >= 0.6 is 0 Å². The SMILES string of the molecule is Cc1ccccc1N(CC(=O)N1CCc2ccccc21)S(=O)(=O)c1ccccc1. The van der Waals surface area contributed by atoms with E-state index in [9.17, 15) is 13.2 Å². The summed E-state index contributed by atoms with van der Waals surface area (Å²) in [5.74, 6) is -0.238. The van der Waals surface area contributed by atoms with Gasteiger partial charge in [-0.3, -0.25) is 9.10 Å². The van der Waals surface area contributed by atoms with E-state index in [4.69, 9.17) is 0 Å². The Bertz CT molecular complexity index is 1140. The smallest absolute Gasteiger partial charge is 0.264 e. The molecule has 0 saturated heterocycles. The summed E-state index contributed by atoms with van der Waals surface area (Å²) in [6.07, 6.45) is 0.776. The lowest BCUT2D eigenvalue weighted by Gasteiger charge is -2.28. The molecule has 5 nitrogen and oxygen atoms in total. The van der Waals surface area contributed by atoms with Gasteiger partial charge < -0.3 is 4.90 Å². The molecule has 0 bridgehead atoms. The van der Waals surface area contributed by atoms with Crippen molar-refractivity contribution in [2.75, 3.05) is 22.3 Å². The van der Waals surface area contributed by atoms with Crippen molar-refractivity contribution in [3.63, 3.8) is 0 Å². The molecular weight excluding hydrogens is 384 g/mol. The monoisotopic (exact) mass is 406 g/mol. The van der Waals surface area contributed by atoms with Crippen LogP contribution in [-0.2, 0) is 21.2 Å². The highest BCUT2D eigenvalue weighted by Crippen LogP contribution is 2.30. The van der Waals surface area contributed by atoms with Gasteiger partial charge in [-0.05, 0) is 48.7 Å². The number of benzene rings is 3. The van der Waals surface area contributed by atoms with Crippen LogP contribution in [-0.4, -0.2) is 27.4 Å². The molecule has 6 heteroatoms. The normalized spacial score (nSPS) is 13.2. The molecule has 0 aliphatic carbocycles. The number of carbonyl (C=O) groups is 1. The second kappa shape index (κ2) is 7.72. The summed E-state index contributed by atoms with van der Waals surface area (Å²) < 4.78 is 28.1. The lowest BCUT2D eigenvalue weighted by atomic mass is 10.2. The van der Waals surface area contributed by atoms with Crippen LogP contribution < -0.4 is 9.21 Å². The summed E-state index contributed by atoms with van der Waals surface area (Å²) in [5, 5.41) is 0. The summed E-state index contributed by atoms with van der Waals surface area (Å²) in [4.78, 5) is 15.0. The fraction of sp³-hybridized carbons (Fsp3) is 0.174. The summed E-state index contributed by atoms with van der Waals surface area (Å²) in [6, 6.07) is 23.2. The average molecular weight is 407 g/mol. The van der Waals surface area contributed by atoms with Crippen molar-refractivity contribution in [1.82, 2.24) is 0 Å². The Balaban J connectivity index is 1.72. The Morgan fingerprint density at radius 2 is 1.59 bits per heavy atom. The average Bonchev–Trinajstić information content (AvgIpc) is 3.17. The molecule has 148 valence electrons. The van der Waals surface area contributed by atoms with E-state index in [1.54, 1.807) is 47.4 Å². The standard InChI is InChI=1S/C23H22N2O3S/c1-18-9-5-7-13-21(18)25(29(27,28)20-11-3-2-4-12-20)17-23(26)24-16-15-19-10-6-8-14-22(19)24/h2-14H,15-17H2,1H3. The molecule has 1 heterocycles. The number of sulfonamides is 1. The zero-order chi connectivity index (χ0) is 20.4. The Labute approximate surface area is 171 Å². The molecule has 1 amide bonds. The molecule has 0 N–H and O–H groups in total. The molecule has 0 unspecified atom stereocenters. The van der Waals surface area contributed by atoms with Gasteiger partial charge in [0.05, 0.1) is 10.6 Å². The van der Waals surface area contributed by atoms with Crippen LogP contribution in [0.3, 0.4) is 0 Å².